The highest BCUT2D eigenvalue weighted by Gasteiger charge is 2.40. The molecule has 1 amide bonds. The van der Waals surface area contributed by atoms with Crippen LogP contribution >= 0.6 is 0 Å². The first-order chi connectivity index (χ1) is 11.2. The van der Waals surface area contributed by atoms with E-state index in [2.05, 4.69) is 10.1 Å². The lowest BCUT2D eigenvalue weighted by Crippen LogP contribution is -2.46. The van der Waals surface area contributed by atoms with Crippen molar-refractivity contribution in [3.05, 3.63) is 29.8 Å². The van der Waals surface area contributed by atoms with Gasteiger partial charge >= 0.3 is 12.3 Å². The van der Waals surface area contributed by atoms with E-state index < -0.39 is 29.4 Å². The zero-order valence-corrected chi connectivity index (χ0v) is 12.6. The van der Waals surface area contributed by atoms with Crippen molar-refractivity contribution in [2.24, 2.45) is 5.41 Å². The summed E-state index contributed by atoms with van der Waals surface area (Å²) in [5, 5.41) is 11.8. The first-order valence-corrected chi connectivity index (χ1v) is 7.18. The van der Waals surface area contributed by atoms with E-state index in [1.807, 2.05) is 0 Å². The molecule has 0 aliphatic carbocycles. The van der Waals surface area contributed by atoms with Crippen LogP contribution in [0.1, 0.15) is 23.2 Å². The van der Waals surface area contributed by atoms with E-state index in [1.165, 1.54) is 18.2 Å². The summed E-state index contributed by atoms with van der Waals surface area (Å²) < 4.78 is 46.1. The third-order valence-corrected chi connectivity index (χ3v) is 3.85. The Morgan fingerprint density at radius 2 is 1.88 bits per heavy atom. The van der Waals surface area contributed by atoms with E-state index in [1.54, 1.807) is 0 Å². The van der Waals surface area contributed by atoms with Gasteiger partial charge in [0, 0.05) is 19.8 Å². The Balaban J connectivity index is 2.11. The van der Waals surface area contributed by atoms with E-state index >= 15 is 0 Å². The maximum atomic E-state index is 12.4. The molecule has 0 bridgehead atoms. The van der Waals surface area contributed by atoms with Gasteiger partial charge < -0.3 is 19.9 Å². The highest BCUT2D eigenvalue weighted by molar-refractivity contribution is 5.97. The molecular weight excluding hydrogens is 331 g/mol. The Hall–Kier alpha value is -2.29. The molecule has 1 saturated heterocycles. The lowest BCUT2D eigenvalue weighted by atomic mass is 9.80. The summed E-state index contributed by atoms with van der Waals surface area (Å²) in [6.07, 6.45) is -4.51. The number of carboxylic acids is 1. The van der Waals surface area contributed by atoms with Gasteiger partial charge in [-0.2, -0.15) is 0 Å². The Kier molecular flexibility index (Phi) is 5.33. The van der Waals surface area contributed by atoms with Crippen LogP contribution in [0, 0.1) is 5.41 Å². The zero-order valence-electron chi connectivity index (χ0n) is 12.6. The molecule has 0 atom stereocenters. The smallest absolute Gasteiger partial charge is 0.481 e. The first-order valence-electron chi connectivity index (χ1n) is 7.18. The number of hydrogen-bond acceptors (Lipinski definition) is 4. The van der Waals surface area contributed by atoms with Crippen LogP contribution in [0.25, 0.3) is 0 Å². The minimum absolute atomic E-state index is 0.203. The molecule has 1 aromatic rings. The largest absolute Gasteiger partial charge is 0.573 e. The molecule has 132 valence electrons. The summed E-state index contributed by atoms with van der Waals surface area (Å²) in [6.45, 7) is 0.288. The number of amides is 1. The summed E-state index contributed by atoms with van der Waals surface area (Å²) in [7, 11) is 0. The molecule has 0 radical (unpaired) electrons. The van der Waals surface area contributed by atoms with Crippen LogP contribution in [0.5, 0.6) is 5.75 Å². The fourth-order valence-corrected chi connectivity index (χ4v) is 2.44. The van der Waals surface area contributed by atoms with Gasteiger partial charge in [0.1, 0.15) is 5.75 Å². The molecular formula is C15H16F3NO5. The summed E-state index contributed by atoms with van der Waals surface area (Å²) >= 11 is 0. The lowest BCUT2D eigenvalue weighted by Gasteiger charge is -2.33. The molecule has 1 fully saturated rings. The van der Waals surface area contributed by atoms with E-state index in [4.69, 9.17) is 4.74 Å². The van der Waals surface area contributed by atoms with E-state index in [9.17, 15) is 27.9 Å². The molecule has 9 heteroatoms. The van der Waals surface area contributed by atoms with Crippen LogP contribution in [-0.2, 0) is 9.53 Å². The lowest BCUT2D eigenvalue weighted by molar-refractivity contribution is -0.274. The molecule has 0 aromatic heterocycles. The molecule has 6 nitrogen and oxygen atoms in total. The first kappa shape index (κ1) is 18.1. The Morgan fingerprint density at radius 1 is 1.25 bits per heavy atom. The average molecular weight is 347 g/mol. The van der Waals surface area contributed by atoms with Gasteiger partial charge in [-0.25, -0.2) is 0 Å². The number of rotatable bonds is 5. The van der Waals surface area contributed by atoms with Crippen molar-refractivity contribution in [2.45, 2.75) is 19.2 Å². The predicted octanol–water partition coefficient (Wildman–Crippen LogP) is 2.20. The fourth-order valence-electron chi connectivity index (χ4n) is 2.44. The fraction of sp³-hybridized carbons (Fsp3) is 0.467. The number of carboxylic acid groups (broad SMARTS) is 1. The third kappa shape index (κ3) is 4.38. The Morgan fingerprint density at radius 3 is 2.46 bits per heavy atom. The SMILES string of the molecule is O=C(NCC1(C(=O)O)CCOCC1)c1ccccc1OC(F)(F)F. The van der Waals surface area contributed by atoms with Crippen molar-refractivity contribution in [3.8, 4) is 5.75 Å². The molecule has 2 rings (SSSR count). The second-order valence-electron chi connectivity index (χ2n) is 5.42. The summed E-state index contributed by atoms with van der Waals surface area (Å²) in [6, 6.07) is 4.88. The van der Waals surface area contributed by atoms with Gasteiger partial charge in [0.25, 0.3) is 5.91 Å². The van der Waals surface area contributed by atoms with Crippen LogP contribution in [0.2, 0.25) is 0 Å². The number of para-hydroxylation sites is 1. The molecule has 1 aliphatic heterocycles. The number of aliphatic carboxylic acids is 1. The van der Waals surface area contributed by atoms with Gasteiger partial charge in [-0.1, -0.05) is 12.1 Å². The van der Waals surface area contributed by atoms with Crippen molar-refractivity contribution in [1.82, 2.24) is 5.32 Å². The Labute approximate surface area is 135 Å². The molecule has 0 unspecified atom stereocenters. The third-order valence-electron chi connectivity index (χ3n) is 3.85. The van der Waals surface area contributed by atoms with Crippen molar-refractivity contribution in [2.75, 3.05) is 19.8 Å². The molecule has 2 N–H and O–H groups in total. The van der Waals surface area contributed by atoms with Gasteiger partial charge in [0.05, 0.1) is 11.0 Å². The predicted molar refractivity (Wildman–Crippen MR) is 75.6 cm³/mol. The number of nitrogens with one attached hydrogen (secondary N) is 1. The summed E-state index contributed by atoms with van der Waals surface area (Å²) in [4.78, 5) is 23.7. The van der Waals surface area contributed by atoms with Crippen molar-refractivity contribution in [3.63, 3.8) is 0 Å². The van der Waals surface area contributed by atoms with Gasteiger partial charge in [-0.3, -0.25) is 9.59 Å². The van der Waals surface area contributed by atoms with Gasteiger partial charge in [0.2, 0.25) is 0 Å². The highest BCUT2D eigenvalue weighted by Crippen LogP contribution is 2.31. The second kappa shape index (κ2) is 7.08. The van der Waals surface area contributed by atoms with Gasteiger partial charge in [0.15, 0.2) is 0 Å². The molecule has 1 heterocycles. The highest BCUT2D eigenvalue weighted by atomic mass is 19.4. The average Bonchev–Trinajstić information content (AvgIpc) is 2.52. The van der Waals surface area contributed by atoms with Crippen LogP contribution in [0.3, 0.4) is 0 Å². The summed E-state index contributed by atoms with van der Waals surface area (Å²) in [5.74, 6) is -2.55. The Bertz CT molecular complexity index is 611. The number of hydrogen-bond donors (Lipinski definition) is 2. The van der Waals surface area contributed by atoms with Crippen molar-refractivity contribution >= 4 is 11.9 Å². The number of halogens is 3. The number of ether oxygens (including phenoxy) is 2. The summed E-state index contributed by atoms with van der Waals surface area (Å²) in [5.41, 5.74) is -1.50. The van der Waals surface area contributed by atoms with E-state index in [-0.39, 0.29) is 38.2 Å². The molecule has 24 heavy (non-hydrogen) atoms. The van der Waals surface area contributed by atoms with Crippen LogP contribution in [-0.4, -0.2) is 43.1 Å². The molecule has 1 aromatic carbocycles. The second-order valence-corrected chi connectivity index (χ2v) is 5.42. The van der Waals surface area contributed by atoms with Crippen molar-refractivity contribution < 1.29 is 37.3 Å². The maximum Gasteiger partial charge on any atom is 0.573 e. The quantitative estimate of drug-likeness (QED) is 0.853. The van der Waals surface area contributed by atoms with Crippen LogP contribution in [0.4, 0.5) is 13.2 Å². The van der Waals surface area contributed by atoms with Gasteiger partial charge in [-0.05, 0) is 25.0 Å². The normalized spacial score (nSPS) is 17.1. The van der Waals surface area contributed by atoms with Gasteiger partial charge in [-0.15, -0.1) is 13.2 Å². The number of alkyl halides is 3. The number of carbonyl (C=O) groups is 2. The molecule has 1 aliphatic rings. The minimum Gasteiger partial charge on any atom is -0.481 e. The van der Waals surface area contributed by atoms with Crippen LogP contribution in [0.15, 0.2) is 24.3 Å². The van der Waals surface area contributed by atoms with E-state index in [0.29, 0.717) is 0 Å². The number of benzene rings is 1. The standard InChI is InChI=1S/C15H16F3NO5/c16-15(17,18)24-11-4-2-1-3-10(11)12(20)19-9-14(13(21)22)5-7-23-8-6-14/h1-4H,5-9H2,(H,19,20)(H,21,22). The van der Waals surface area contributed by atoms with E-state index in [0.717, 1.165) is 6.07 Å². The molecule has 0 spiro atoms. The topological polar surface area (TPSA) is 84.9 Å². The molecule has 0 saturated carbocycles. The minimum atomic E-state index is -4.93. The van der Waals surface area contributed by atoms with Crippen LogP contribution < -0.4 is 10.1 Å². The number of carbonyl (C=O) groups excluding carboxylic acids is 1. The monoisotopic (exact) mass is 347 g/mol. The van der Waals surface area contributed by atoms with Crippen molar-refractivity contribution in [1.29, 1.82) is 0 Å². The maximum absolute atomic E-state index is 12.4. The zero-order chi connectivity index (χ0) is 17.8.